The van der Waals surface area contributed by atoms with Crippen molar-refractivity contribution in [2.24, 2.45) is 11.3 Å². The van der Waals surface area contributed by atoms with Crippen molar-refractivity contribution in [3.63, 3.8) is 0 Å². The molecule has 4 nitrogen and oxygen atoms in total. The summed E-state index contributed by atoms with van der Waals surface area (Å²) in [4.78, 5) is 23.7. The summed E-state index contributed by atoms with van der Waals surface area (Å²) < 4.78 is 9.42. The van der Waals surface area contributed by atoms with E-state index < -0.39 is 17.4 Å². The summed E-state index contributed by atoms with van der Waals surface area (Å²) in [6.07, 6.45) is 2.42. The highest BCUT2D eigenvalue weighted by molar-refractivity contribution is 6.01. The molecule has 88 valence electrons. The largest absolute Gasteiger partial charge is 0.468 e. The molecule has 0 amide bonds. The van der Waals surface area contributed by atoms with E-state index >= 15 is 0 Å². The SMILES string of the molecule is C=CC1CC(=C)CC1(C(=O)OC)C(=O)OC. The number of allylic oxidation sites excluding steroid dienone is 2. The normalized spacial score (nSPS) is 22.6. The zero-order chi connectivity index (χ0) is 12.3. The van der Waals surface area contributed by atoms with E-state index in [9.17, 15) is 9.59 Å². The fourth-order valence-electron chi connectivity index (χ4n) is 2.26. The maximum atomic E-state index is 11.8. The molecule has 1 unspecified atom stereocenters. The summed E-state index contributed by atoms with van der Waals surface area (Å²) in [5.74, 6) is -1.47. The monoisotopic (exact) mass is 224 g/mol. The van der Waals surface area contributed by atoms with Gasteiger partial charge in [0.05, 0.1) is 14.2 Å². The maximum absolute atomic E-state index is 11.8. The van der Waals surface area contributed by atoms with Gasteiger partial charge in [-0.15, -0.1) is 6.58 Å². The van der Waals surface area contributed by atoms with Crippen molar-refractivity contribution in [1.82, 2.24) is 0 Å². The van der Waals surface area contributed by atoms with Crippen LogP contribution >= 0.6 is 0 Å². The first-order valence-corrected chi connectivity index (χ1v) is 4.99. The van der Waals surface area contributed by atoms with Gasteiger partial charge in [0, 0.05) is 5.92 Å². The van der Waals surface area contributed by atoms with Crippen LogP contribution in [0.15, 0.2) is 24.8 Å². The third kappa shape index (κ3) is 1.64. The number of carbonyl (C=O) groups is 2. The molecule has 1 aliphatic rings. The molecular formula is C12H16O4. The van der Waals surface area contributed by atoms with Crippen molar-refractivity contribution in [3.8, 4) is 0 Å². The Bertz CT molecular complexity index is 327. The van der Waals surface area contributed by atoms with Crippen LogP contribution in [-0.2, 0) is 19.1 Å². The molecule has 16 heavy (non-hydrogen) atoms. The molecule has 0 aromatic rings. The van der Waals surface area contributed by atoms with Crippen LogP contribution in [0.1, 0.15) is 12.8 Å². The second-order valence-electron chi connectivity index (χ2n) is 3.93. The molecule has 1 atom stereocenters. The van der Waals surface area contributed by atoms with Crippen molar-refractivity contribution < 1.29 is 19.1 Å². The van der Waals surface area contributed by atoms with Crippen LogP contribution in [0.4, 0.5) is 0 Å². The number of esters is 2. The number of hydrogen-bond donors (Lipinski definition) is 0. The summed E-state index contributed by atoms with van der Waals surface area (Å²) in [5.41, 5.74) is -0.455. The minimum absolute atomic E-state index is 0.267. The van der Waals surface area contributed by atoms with E-state index in [1.807, 2.05) is 0 Å². The van der Waals surface area contributed by atoms with Crippen LogP contribution in [0.2, 0.25) is 0 Å². The van der Waals surface area contributed by atoms with Crippen molar-refractivity contribution in [3.05, 3.63) is 24.8 Å². The summed E-state index contributed by atoms with van der Waals surface area (Å²) in [6.45, 7) is 7.47. The molecular weight excluding hydrogens is 208 g/mol. The van der Waals surface area contributed by atoms with Crippen LogP contribution in [0, 0.1) is 11.3 Å². The Morgan fingerprint density at radius 2 is 1.88 bits per heavy atom. The summed E-state index contributed by atoms with van der Waals surface area (Å²) in [5, 5.41) is 0. The highest BCUT2D eigenvalue weighted by Crippen LogP contribution is 2.48. The van der Waals surface area contributed by atoms with Crippen molar-refractivity contribution in [2.75, 3.05) is 14.2 Å². The van der Waals surface area contributed by atoms with Crippen molar-refractivity contribution in [2.45, 2.75) is 12.8 Å². The van der Waals surface area contributed by atoms with Gasteiger partial charge in [0.25, 0.3) is 0 Å². The molecule has 0 N–H and O–H groups in total. The van der Waals surface area contributed by atoms with Gasteiger partial charge in [-0.2, -0.15) is 0 Å². The second-order valence-corrected chi connectivity index (χ2v) is 3.93. The fourth-order valence-corrected chi connectivity index (χ4v) is 2.26. The van der Waals surface area contributed by atoms with Gasteiger partial charge < -0.3 is 9.47 Å². The first-order valence-electron chi connectivity index (χ1n) is 4.99. The van der Waals surface area contributed by atoms with Crippen molar-refractivity contribution >= 4 is 11.9 Å². The molecule has 1 aliphatic carbocycles. The third-order valence-electron chi connectivity index (χ3n) is 3.05. The lowest BCUT2D eigenvalue weighted by atomic mass is 9.77. The fraction of sp³-hybridized carbons (Fsp3) is 0.500. The quantitative estimate of drug-likeness (QED) is 0.414. The van der Waals surface area contributed by atoms with Gasteiger partial charge in [0.2, 0.25) is 0 Å². The van der Waals surface area contributed by atoms with Crippen LogP contribution in [0.5, 0.6) is 0 Å². The Morgan fingerprint density at radius 3 is 2.25 bits per heavy atom. The second kappa shape index (κ2) is 4.51. The maximum Gasteiger partial charge on any atom is 0.324 e. The average molecular weight is 224 g/mol. The number of methoxy groups -OCH3 is 2. The van der Waals surface area contributed by atoms with Crippen LogP contribution in [-0.4, -0.2) is 26.2 Å². The van der Waals surface area contributed by atoms with Crippen LogP contribution in [0.25, 0.3) is 0 Å². The smallest absolute Gasteiger partial charge is 0.324 e. The molecule has 0 saturated heterocycles. The first kappa shape index (κ1) is 12.5. The number of rotatable bonds is 3. The van der Waals surface area contributed by atoms with Gasteiger partial charge in [-0.1, -0.05) is 18.2 Å². The predicted molar refractivity (Wildman–Crippen MR) is 58.5 cm³/mol. The Hall–Kier alpha value is -1.58. The molecule has 0 bridgehead atoms. The lowest BCUT2D eigenvalue weighted by molar-refractivity contribution is -0.170. The number of ether oxygens (including phenoxy) is 2. The van der Waals surface area contributed by atoms with E-state index in [1.165, 1.54) is 14.2 Å². The molecule has 0 spiro atoms. The van der Waals surface area contributed by atoms with Gasteiger partial charge in [-0.3, -0.25) is 9.59 Å². The van der Waals surface area contributed by atoms with Gasteiger partial charge in [-0.25, -0.2) is 0 Å². The Labute approximate surface area is 94.9 Å². The molecule has 1 saturated carbocycles. The zero-order valence-corrected chi connectivity index (χ0v) is 9.62. The van der Waals surface area contributed by atoms with E-state index in [0.717, 1.165) is 5.57 Å². The Balaban J connectivity index is 3.22. The Kier molecular flexibility index (Phi) is 3.52. The minimum atomic E-state index is -1.29. The molecule has 0 aliphatic heterocycles. The molecule has 0 heterocycles. The lowest BCUT2D eigenvalue weighted by Gasteiger charge is -2.27. The topological polar surface area (TPSA) is 52.6 Å². The van der Waals surface area contributed by atoms with E-state index in [0.29, 0.717) is 6.42 Å². The standard InChI is InChI=1S/C12H16O4/c1-5-9-6-8(2)7-12(9,10(13)15-3)11(14)16-4/h5,9H,1-2,6-7H2,3-4H3. The van der Waals surface area contributed by atoms with Crippen LogP contribution < -0.4 is 0 Å². The van der Waals surface area contributed by atoms with Gasteiger partial charge in [-0.05, 0) is 12.8 Å². The average Bonchev–Trinajstić information content (AvgIpc) is 2.64. The summed E-state index contributed by atoms with van der Waals surface area (Å²) >= 11 is 0. The summed E-state index contributed by atoms with van der Waals surface area (Å²) in [6, 6.07) is 0. The van der Waals surface area contributed by atoms with Crippen LogP contribution in [0.3, 0.4) is 0 Å². The highest BCUT2D eigenvalue weighted by Gasteiger charge is 2.57. The molecule has 0 aromatic carbocycles. The molecule has 0 aromatic heterocycles. The van der Waals surface area contributed by atoms with Gasteiger partial charge >= 0.3 is 11.9 Å². The number of carbonyl (C=O) groups excluding carboxylic acids is 2. The van der Waals surface area contributed by atoms with Gasteiger partial charge in [0.15, 0.2) is 5.41 Å². The van der Waals surface area contributed by atoms with E-state index in [2.05, 4.69) is 13.2 Å². The number of hydrogen-bond acceptors (Lipinski definition) is 4. The third-order valence-corrected chi connectivity index (χ3v) is 3.05. The first-order chi connectivity index (χ1) is 7.52. The Morgan fingerprint density at radius 1 is 1.38 bits per heavy atom. The minimum Gasteiger partial charge on any atom is -0.468 e. The van der Waals surface area contributed by atoms with E-state index in [4.69, 9.17) is 9.47 Å². The summed E-state index contributed by atoms with van der Waals surface area (Å²) in [7, 11) is 2.52. The van der Waals surface area contributed by atoms with E-state index in [1.54, 1.807) is 6.08 Å². The molecule has 1 rings (SSSR count). The lowest BCUT2D eigenvalue weighted by Crippen LogP contribution is -2.43. The van der Waals surface area contributed by atoms with E-state index in [-0.39, 0.29) is 12.3 Å². The zero-order valence-electron chi connectivity index (χ0n) is 9.62. The van der Waals surface area contributed by atoms with Gasteiger partial charge in [0.1, 0.15) is 0 Å². The molecule has 4 heteroatoms. The molecule has 1 fully saturated rings. The predicted octanol–water partition coefficient (Wildman–Crippen LogP) is 1.47. The highest BCUT2D eigenvalue weighted by atomic mass is 16.5. The molecule has 0 radical (unpaired) electrons. The van der Waals surface area contributed by atoms with Crippen molar-refractivity contribution in [1.29, 1.82) is 0 Å².